The summed E-state index contributed by atoms with van der Waals surface area (Å²) in [6.07, 6.45) is 4.65. The Kier molecular flexibility index (Phi) is 5.09. The van der Waals surface area contributed by atoms with Crippen molar-refractivity contribution in [3.63, 3.8) is 0 Å². The Labute approximate surface area is 170 Å². The van der Waals surface area contributed by atoms with Crippen LogP contribution in [0.5, 0.6) is 0 Å². The molecular formula is C22H23N7. The van der Waals surface area contributed by atoms with E-state index in [-0.39, 0.29) is 0 Å². The fraction of sp³-hybridized carbons (Fsp3) is 0.318. The van der Waals surface area contributed by atoms with Gasteiger partial charge in [-0.15, -0.1) is 10.2 Å². The molecule has 0 bridgehead atoms. The fourth-order valence-electron chi connectivity index (χ4n) is 3.51. The van der Waals surface area contributed by atoms with Gasteiger partial charge in [0.2, 0.25) is 0 Å². The van der Waals surface area contributed by atoms with Crippen LogP contribution < -0.4 is 10.2 Å². The highest BCUT2D eigenvalue weighted by Crippen LogP contribution is 2.27. The SMILES string of the molecule is Cc1ccc(CNc2cnc3c(c2)CN(c2nnc(C#N)c(C)c2C)CC3)cn1. The Balaban J connectivity index is 1.51. The Morgan fingerprint density at radius 2 is 1.97 bits per heavy atom. The lowest BCUT2D eigenvalue weighted by atomic mass is 10.0. The minimum atomic E-state index is 0.391. The van der Waals surface area contributed by atoms with Gasteiger partial charge in [-0.3, -0.25) is 9.97 Å². The van der Waals surface area contributed by atoms with Gasteiger partial charge in [-0.05, 0) is 55.2 Å². The van der Waals surface area contributed by atoms with Crippen molar-refractivity contribution in [2.24, 2.45) is 0 Å². The molecule has 3 aromatic heterocycles. The number of nitrogens with one attached hydrogen (secondary N) is 1. The molecular weight excluding hydrogens is 362 g/mol. The molecule has 0 saturated heterocycles. The van der Waals surface area contributed by atoms with E-state index < -0.39 is 0 Å². The molecule has 29 heavy (non-hydrogen) atoms. The molecule has 0 amide bonds. The summed E-state index contributed by atoms with van der Waals surface area (Å²) < 4.78 is 0. The number of hydrogen-bond donors (Lipinski definition) is 1. The number of nitriles is 1. The highest BCUT2D eigenvalue weighted by Gasteiger charge is 2.22. The number of nitrogens with zero attached hydrogens (tertiary/aromatic N) is 6. The second-order valence-corrected chi connectivity index (χ2v) is 7.40. The third-order valence-electron chi connectivity index (χ3n) is 5.41. The monoisotopic (exact) mass is 385 g/mol. The number of aryl methyl sites for hydroxylation is 1. The first-order valence-corrected chi connectivity index (χ1v) is 9.67. The molecule has 0 atom stereocenters. The summed E-state index contributed by atoms with van der Waals surface area (Å²) in [4.78, 5) is 11.2. The maximum atomic E-state index is 9.17. The highest BCUT2D eigenvalue weighted by molar-refractivity contribution is 5.55. The van der Waals surface area contributed by atoms with Crippen LogP contribution in [0.4, 0.5) is 11.5 Å². The van der Waals surface area contributed by atoms with Crippen LogP contribution in [0.2, 0.25) is 0 Å². The number of anilines is 2. The number of hydrogen-bond acceptors (Lipinski definition) is 7. The quantitative estimate of drug-likeness (QED) is 0.737. The summed E-state index contributed by atoms with van der Waals surface area (Å²) in [6.45, 7) is 8.18. The molecule has 1 N–H and O–H groups in total. The van der Waals surface area contributed by atoms with Gasteiger partial charge < -0.3 is 10.2 Å². The Hall–Kier alpha value is -3.53. The van der Waals surface area contributed by atoms with Crippen molar-refractivity contribution in [2.45, 2.75) is 40.3 Å². The van der Waals surface area contributed by atoms with E-state index in [2.05, 4.69) is 48.6 Å². The maximum absolute atomic E-state index is 9.17. The molecule has 146 valence electrons. The lowest BCUT2D eigenvalue weighted by Gasteiger charge is -2.30. The lowest BCUT2D eigenvalue weighted by Crippen LogP contribution is -2.32. The van der Waals surface area contributed by atoms with Gasteiger partial charge >= 0.3 is 0 Å². The van der Waals surface area contributed by atoms with Crippen molar-refractivity contribution in [3.05, 3.63) is 69.9 Å². The molecule has 4 rings (SSSR count). The predicted octanol–water partition coefficient (Wildman–Crippen LogP) is 3.24. The van der Waals surface area contributed by atoms with Crippen LogP contribution in [0.25, 0.3) is 0 Å². The number of pyridine rings is 2. The van der Waals surface area contributed by atoms with E-state index >= 15 is 0 Å². The summed E-state index contributed by atoms with van der Waals surface area (Å²) in [6, 6.07) is 8.36. The zero-order valence-corrected chi connectivity index (χ0v) is 16.9. The van der Waals surface area contributed by atoms with Crippen molar-refractivity contribution in [2.75, 3.05) is 16.8 Å². The number of rotatable bonds is 4. The zero-order valence-electron chi connectivity index (χ0n) is 16.9. The van der Waals surface area contributed by atoms with Gasteiger partial charge in [0.15, 0.2) is 11.5 Å². The maximum Gasteiger partial charge on any atom is 0.166 e. The predicted molar refractivity (Wildman–Crippen MR) is 112 cm³/mol. The average Bonchev–Trinajstić information content (AvgIpc) is 2.74. The first-order valence-electron chi connectivity index (χ1n) is 9.67. The van der Waals surface area contributed by atoms with Gasteiger partial charge in [0.1, 0.15) is 6.07 Å². The zero-order chi connectivity index (χ0) is 20.4. The summed E-state index contributed by atoms with van der Waals surface area (Å²) in [5.74, 6) is 0.844. The van der Waals surface area contributed by atoms with Crippen molar-refractivity contribution >= 4 is 11.5 Å². The molecule has 0 aliphatic carbocycles. The van der Waals surface area contributed by atoms with Gasteiger partial charge in [-0.2, -0.15) is 5.26 Å². The molecule has 7 heteroatoms. The van der Waals surface area contributed by atoms with E-state index in [1.165, 1.54) is 5.56 Å². The molecule has 3 aromatic rings. The topological polar surface area (TPSA) is 90.6 Å². The minimum Gasteiger partial charge on any atom is -0.380 e. The molecule has 0 unspecified atom stereocenters. The largest absolute Gasteiger partial charge is 0.380 e. The normalized spacial score (nSPS) is 13.0. The smallest absolute Gasteiger partial charge is 0.166 e. The Bertz CT molecular complexity index is 1080. The van der Waals surface area contributed by atoms with Crippen LogP contribution in [-0.4, -0.2) is 26.7 Å². The first-order chi connectivity index (χ1) is 14.0. The molecule has 0 aromatic carbocycles. The summed E-state index contributed by atoms with van der Waals surface area (Å²) in [5, 5.41) is 21.0. The van der Waals surface area contributed by atoms with E-state index in [0.29, 0.717) is 12.2 Å². The first kappa shape index (κ1) is 18.8. The summed E-state index contributed by atoms with van der Waals surface area (Å²) in [7, 11) is 0. The van der Waals surface area contributed by atoms with Gasteiger partial charge in [0, 0.05) is 43.6 Å². The fourth-order valence-corrected chi connectivity index (χ4v) is 3.51. The van der Waals surface area contributed by atoms with Crippen molar-refractivity contribution < 1.29 is 0 Å². The standard InChI is InChI=1S/C22H23N7/c1-14-4-5-17(10-24-14)11-25-19-8-18-13-29(7-6-20(18)26-12-19)22-16(3)15(2)21(9-23)27-28-22/h4-5,8,10,12,25H,6-7,11,13H2,1-3H3. The van der Waals surface area contributed by atoms with Crippen molar-refractivity contribution in [1.82, 2.24) is 20.2 Å². The van der Waals surface area contributed by atoms with Crippen molar-refractivity contribution in [3.8, 4) is 6.07 Å². The van der Waals surface area contributed by atoms with Gasteiger partial charge in [-0.1, -0.05) is 6.07 Å². The van der Waals surface area contributed by atoms with Gasteiger partial charge in [0.05, 0.1) is 11.9 Å². The number of fused-ring (bicyclic) bond motifs is 1. The molecule has 7 nitrogen and oxygen atoms in total. The van der Waals surface area contributed by atoms with Crippen molar-refractivity contribution in [1.29, 1.82) is 5.26 Å². The van der Waals surface area contributed by atoms with E-state index in [9.17, 15) is 0 Å². The van der Waals surface area contributed by atoms with Crippen LogP contribution in [0.1, 0.15) is 39.3 Å². The van der Waals surface area contributed by atoms with E-state index in [1.807, 2.05) is 39.2 Å². The Morgan fingerprint density at radius 3 is 2.72 bits per heavy atom. The van der Waals surface area contributed by atoms with Crippen LogP contribution in [0.3, 0.4) is 0 Å². The minimum absolute atomic E-state index is 0.391. The third kappa shape index (κ3) is 3.87. The Morgan fingerprint density at radius 1 is 1.10 bits per heavy atom. The van der Waals surface area contributed by atoms with Crippen LogP contribution in [-0.2, 0) is 19.5 Å². The van der Waals surface area contributed by atoms with Gasteiger partial charge in [-0.25, -0.2) is 0 Å². The molecule has 1 aliphatic heterocycles. The molecule has 0 radical (unpaired) electrons. The van der Waals surface area contributed by atoms with E-state index in [4.69, 9.17) is 5.26 Å². The molecule has 0 fully saturated rings. The van der Waals surface area contributed by atoms with E-state index in [0.717, 1.165) is 59.1 Å². The second kappa shape index (κ2) is 7.84. The lowest BCUT2D eigenvalue weighted by molar-refractivity contribution is 0.692. The van der Waals surface area contributed by atoms with Crippen LogP contribution in [0, 0.1) is 32.1 Å². The molecule has 0 saturated carbocycles. The molecule has 1 aliphatic rings. The molecule has 0 spiro atoms. The second-order valence-electron chi connectivity index (χ2n) is 7.40. The highest BCUT2D eigenvalue weighted by atomic mass is 15.3. The van der Waals surface area contributed by atoms with E-state index in [1.54, 1.807) is 0 Å². The third-order valence-corrected chi connectivity index (χ3v) is 5.41. The average molecular weight is 385 g/mol. The molecule has 4 heterocycles. The van der Waals surface area contributed by atoms with Crippen LogP contribution >= 0.6 is 0 Å². The summed E-state index contributed by atoms with van der Waals surface area (Å²) in [5.41, 5.74) is 7.74. The number of aromatic nitrogens is 4. The summed E-state index contributed by atoms with van der Waals surface area (Å²) >= 11 is 0. The van der Waals surface area contributed by atoms with Crippen LogP contribution in [0.15, 0.2) is 30.6 Å². The van der Waals surface area contributed by atoms with Gasteiger partial charge in [0.25, 0.3) is 0 Å².